The molecule has 0 saturated carbocycles. The predicted octanol–water partition coefficient (Wildman–Crippen LogP) is 3.61. The molecule has 0 aromatic heterocycles. The van der Waals surface area contributed by atoms with E-state index in [4.69, 9.17) is 12.6 Å². The van der Waals surface area contributed by atoms with E-state index >= 15 is 0 Å². The minimum absolute atomic E-state index is 0.952. The van der Waals surface area contributed by atoms with Gasteiger partial charge in [0.15, 0.2) is 0 Å². The van der Waals surface area contributed by atoms with Gasteiger partial charge in [-0.15, -0.1) is 0 Å². The fourth-order valence-corrected chi connectivity index (χ4v) is 1.26. The highest BCUT2D eigenvalue weighted by atomic mass is 32.1. The number of unbranched alkanes of at least 4 members (excludes halogenated alkanes) is 6. The third-order valence-corrected chi connectivity index (χ3v) is 2.04. The molecule has 0 bridgehead atoms. The molecule has 0 unspecified atom stereocenters. The average Bonchev–Trinajstić information content (AvgIpc) is 2.08. The van der Waals surface area contributed by atoms with Gasteiger partial charge in [0.1, 0.15) is 0 Å². The zero-order valence-electron chi connectivity index (χ0n) is 11.5. The molecule has 0 rings (SSSR count). The van der Waals surface area contributed by atoms with Crippen molar-refractivity contribution < 1.29 is 4.48 Å². The van der Waals surface area contributed by atoms with Gasteiger partial charge in [-0.3, -0.25) is 0 Å². The van der Waals surface area contributed by atoms with E-state index in [9.17, 15) is 0 Å². The fraction of sp³-hybridized carbons (Fsp3) is 1.00. The first-order valence-corrected chi connectivity index (χ1v) is 6.86. The smallest absolute Gasteiger partial charge is 0.0675 e. The van der Waals surface area contributed by atoms with Gasteiger partial charge in [-0.2, -0.15) is 5.75 Å². The summed E-state index contributed by atoms with van der Waals surface area (Å²) in [5, 5.41) is 0. The molecule has 0 aromatic carbocycles. The largest absolute Gasteiger partial charge is 0.793 e. The molecule has 0 aromatic rings. The second-order valence-electron chi connectivity index (χ2n) is 5.51. The Labute approximate surface area is 103 Å². The molecule has 94 valence electrons. The highest BCUT2D eigenvalue weighted by molar-refractivity contribution is 7.58. The van der Waals surface area contributed by atoms with Gasteiger partial charge in [0, 0.05) is 0 Å². The van der Waals surface area contributed by atoms with Crippen LogP contribution < -0.4 is 0 Å². The Morgan fingerprint density at radius 1 is 0.733 bits per heavy atom. The van der Waals surface area contributed by atoms with Gasteiger partial charge in [-0.1, -0.05) is 51.9 Å². The molecular formula is C13H31NS. The van der Waals surface area contributed by atoms with Gasteiger partial charge < -0.3 is 17.1 Å². The SMILES string of the molecule is CCCCCCCCC[S-].C[N+](C)(C)C. The summed E-state index contributed by atoms with van der Waals surface area (Å²) in [6.07, 6.45) is 9.61. The Bertz CT molecular complexity index is 93.6. The molecule has 0 amide bonds. The summed E-state index contributed by atoms with van der Waals surface area (Å²) in [6.45, 7) is 2.25. The zero-order chi connectivity index (χ0) is 12.2. The normalized spacial score (nSPS) is 10.8. The van der Waals surface area contributed by atoms with E-state index in [0.29, 0.717) is 0 Å². The molecule has 0 aliphatic heterocycles. The van der Waals surface area contributed by atoms with E-state index in [1.165, 1.54) is 44.9 Å². The minimum Gasteiger partial charge on any atom is -0.793 e. The lowest BCUT2D eigenvalue weighted by Gasteiger charge is -2.14. The maximum Gasteiger partial charge on any atom is 0.0675 e. The van der Waals surface area contributed by atoms with Crippen LogP contribution in [0.15, 0.2) is 0 Å². The summed E-state index contributed by atoms with van der Waals surface area (Å²) in [7, 11) is 8.50. The average molecular weight is 233 g/mol. The van der Waals surface area contributed by atoms with E-state index in [1.54, 1.807) is 0 Å². The monoisotopic (exact) mass is 233 g/mol. The molecule has 0 saturated heterocycles. The van der Waals surface area contributed by atoms with Crippen molar-refractivity contribution in [1.82, 2.24) is 0 Å². The van der Waals surface area contributed by atoms with Crippen molar-refractivity contribution in [3.05, 3.63) is 0 Å². The van der Waals surface area contributed by atoms with Gasteiger partial charge in [0.05, 0.1) is 28.2 Å². The molecule has 0 heterocycles. The van der Waals surface area contributed by atoms with Crippen LogP contribution >= 0.6 is 0 Å². The van der Waals surface area contributed by atoms with Gasteiger partial charge >= 0.3 is 0 Å². The number of quaternary nitrogens is 1. The zero-order valence-corrected chi connectivity index (χ0v) is 12.3. The van der Waals surface area contributed by atoms with Gasteiger partial charge in [0.25, 0.3) is 0 Å². The highest BCUT2D eigenvalue weighted by Crippen LogP contribution is 2.05. The van der Waals surface area contributed by atoms with E-state index < -0.39 is 0 Å². The Balaban J connectivity index is 0. The van der Waals surface area contributed by atoms with Crippen molar-refractivity contribution >= 4 is 12.6 Å². The molecule has 0 aliphatic rings. The molecule has 0 atom stereocenters. The van der Waals surface area contributed by atoms with Crippen molar-refractivity contribution in [2.75, 3.05) is 33.9 Å². The van der Waals surface area contributed by atoms with Crippen molar-refractivity contribution in [3.63, 3.8) is 0 Å². The lowest BCUT2D eigenvalue weighted by Crippen LogP contribution is -2.27. The summed E-state index contributed by atoms with van der Waals surface area (Å²) in [4.78, 5) is 0. The molecule has 0 N–H and O–H groups in total. The van der Waals surface area contributed by atoms with E-state index in [2.05, 4.69) is 35.1 Å². The van der Waals surface area contributed by atoms with Crippen LogP contribution in [0.1, 0.15) is 51.9 Å². The summed E-state index contributed by atoms with van der Waals surface area (Å²) in [6, 6.07) is 0. The third kappa shape index (κ3) is 40.6. The van der Waals surface area contributed by atoms with Crippen LogP contribution in [0, 0.1) is 0 Å². The molecule has 1 nitrogen and oxygen atoms in total. The summed E-state index contributed by atoms with van der Waals surface area (Å²) < 4.78 is 1.00. The first-order chi connectivity index (χ1) is 6.91. The number of hydrogen-bond donors (Lipinski definition) is 0. The molecular weight excluding hydrogens is 202 g/mol. The molecule has 0 aliphatic carbocycles. The van der Waals surface area contributed by atoms with Crippen LogP contribution in [0.3, 0.4) is 0 Å². The van der Waals surface area contributed by atoms with Crippen LogP contribution in [0.4, 0.5) is 0 Å². The Morgan fingerprint density at radius 3 is 1.40 bits per heavy atom. The molecule has 15 heavy (non-hydrogen) atoms. The Morgan fingerprint density at radius 2 is 1.07 bits per heavy atom. The summed E-state index contributed by atoms with van der Waals surface area (Å²) >= 11 is 4.85. The van der Waals surface area contributed by atoms with E-state index in [-0.39, 0.29) is 0 Å². The van der Waals surface area contributed by atoms with Crippen LogP contribution in [-0.4, -0.2) is 38.4 Å². The number of rotatable bonds is 7. The van der Waals surface area contributed by atoms with Crippen molar-refractivity contribution in [2.24, 2.45) is 0 Å². The lowest BCUT2D eigenvalue weighted by atomic mass is 10.1. The highest BCUT2D eigenvalue weighted by Gasteiger charge is 1.88. The molecule has 2 heteroatoms. The van der Waals surface area contributed by atoms with Crippen LogP contribution in [0.25, 0.3) is 0 Å². The Hall–Kier alpha value is 0.310. The molecule has 0 radical (unpaired) electrons. The van der Waals surface area contributed by atoms with Crippen LogP contribution in [0.5, 0.6) is 0 Å². The van der Waals surface area contributed by atoms with E-state index in [0.717, 1.165) is 10.2 Å². The Kier molecular flexibility index (Phi) is 14.6. The fourth-order valence-electron chi connectivity index (χ4n) is 1.06. The minimum atomic E-state index is 0.952. The van der Waals surface area contributed by atoms with Crippen molar-refractivity contribution in [2.45, 2.75) is 51.9 Å². The van der Waals surface area contributed by atoms with Gasteiger partial charge in [0.2, 0.25) is 0 Å². The summed E-state index contributed by atoms with van der Waals surface area (Å²) in [5.74, 6) is 0.952. The maximum atomic E-state index is 4.85. The number of nitrogens with zero attached hydrogens (tertiary/aromatic N) is 1. The van der Waals surface area contributed by atoms with Gasteiger partial charge in [-0.25, -0.2) is 0 Å². The topological polar surface area (TPSA) is 0 Å². The quantitative estimate of drug-likeness (QED) is 0.368. The maximum absolute atomic E-state index is 4.85. The van der Waals surface area contributed by atoms with Crippen molar-refractivity contribution in [3.8, 4) is 0 Å². The van der Waals surface area contributed by atoms with Gasteiger partial charge in [-0.05, 0) is 0 Å². The first kappa shape index (κ1) is 17.7. The summed E-state index contributed by atoms with van der Waals surface area (Å²) in [5.41, 5.74) is 0. The van der Waals surface area contributed by atoms with E-state index in [1.807, 2.05) is 0 Å². The standard InChI is InChI=1S/C9H20S.C4H12N/c1-2-3-4-5-6-7-8-9-10;1-5(2,3)4/h10H,2-9H2,1H3;1-4H3/q;+1/p-1. The van der Waals surface area contributed by atoms with Crippen LogP contribution in [-0.2, 0) is 12.6 Å². The second kappa shape index (κ2) is 12.4. The van der Waals surface area contributed by atoms with Crippen molar-refractivity contribution in [1.29, 1.82) is 0 Å². The first-order valence-electron chi connectivity index (χ1n) is 6.28. The molecule has 0 fully saturated rings. The third-order valence-electron chi connectivity index (χ3n) is 1.75. The van der Waals surface area contributed by atoms with Crippen LogP contribution in [0.2, 0.25) is 0 Å². The lowest BCUT2D eigenvalue weighted by molar-refractivity contribution is -0.849. The molecule has 0 spiro atoms. The second-order valence-corrected chi connectivity index (χ2v) is 5.92. The number of hydrogen-bond acceptors (Lipinski definition) is 1. The predicted molar refractivity (Wildman–Crippen MR) is 74.2 cm³/mol.